The summed E-state index contributed by atoms with van der Waals surface area (Å²) < 4.78 is 0. The van der Waals surface area contributed by atoms with Crippen molar-refractivity contribution < 1.29 is 0 Å². The van der Waals surface area contributed by atoms with Crippen molar-refractivity contribution in [3.05, 3.63) is 0 Å². The van der Waals surface area contributed by atoms with Crippen molar-refractivity contribution >= 4 is 0 Å². The Morgan fingerprint density at radius 2 is 1.94 bits per heavy atom. The Morgan fingerprint density at radius 3 is 2.38 bits per heavy atom. The van der Waals surface area contributed by atoms with Crippen molar-refractivity contribution in [1.82, 2.24) is 10.2 Å². The summed E-state index contributed by atoms with van der Waals surface area (Å²) in [5.74, 6) is 0.989. The summed E-state index contributed by atoms with van der Waals surface area (Å²) in [5, 5.41) is 3.56. The molecule has 0 aromatic carbocycles. The van der Waals surface area contributed by atoms with Gasteiger partial charge in [0, 0.05) is 18.1 Å². The maximum atomic E-state index is 3.56. The van der Waals surface area contributed by atoms with E-state index < -0.39 is 0 Å². The van der Waals surface area contributed by atoms with Crippen LogP contribution in [0.15, 0.2) is 0 Å². The molecular formula is C14H30N2. The minimum atomic E-state index is 0.256. The molecule has 0 spiro atoms. The van der Waals surface area contributed by atoms with Crippen LogP contribution >= 0.6 is 0 Å². The maximum Gasteiger partial charge on any atom is 0.00965 e. The highest BCUT2D eigenvalue weighted by Gasteiger charge is 2.21. The average molecular weight is 226 g/mol. The summed E-state index contributed by atoms with van der Waals surface area (Å²) in [4.78, 5) is 2.54. The summed E-state index contributed by atoms with van der Waals surface area (Å²) in [6, 6.07) is 0.704. The van der Waals surface area contributed by atoms with Gasteiger partial charge in [-0.25, -0.2) is 0 Å². The Labute approximate surface area is 102 Å². The molecule has 0 aromatic heterocycles. The van der Waals surface area contributed by atoms with Crippen molar-refractivity contribution in [3.8, 4) is 0 Å². The van der Waals surface area contributed by atoms with Crippen molar-refractivity contribution in [2.45, 2.75) is 65.0 Å². The second-order valence-electron chi connectivity index (χ2n) is 6.55. The van der Waals surface area contributed by atoms with Crippen LogP contribution in [0.25, 0.3) is 0 Å². The normalized spacial score (nSPS) is 19.9. The molecule has 1 saturated carbocycles. The topological polar surface area (TPSA) is 15.3 Å². The number of rotatable bonds is 6. The van der Waals surface area contributed by atoms with E-state index in [9.17, 15) is 0 Å². The van der Waals surface area contributed by atoms with Gasteiger partial charge >= 0.3 is 0 Å². The zero-order chi connectivity index (χ0) is 12.2. The van der Waals surface area contributed by atoms with Crippen molar-refractivity contribution in [3.63, 3.8) is 0 Å². The van der Waals surface area contributed by atoms with Crippen molar-refractivity contribution in [2.24, 2.45) is 5.92 Å². The van der Waals surface area contributed by atoms with Gasteiger partial charge in [-0.1, -0.05) is 6.42 Å². The molecular weight excluding hydrogens is 196 g/mol. The second-order valence-corrected chi connectivity index (χ2v) is 6.55. The van der Waals surface area contributed by atoms with Gasteiger partial charge in [-0.15, -0.1) is 0 Å². The summed E-state index contributed by atoms with van der Waals surface area (Å²) in [6.07, 6.45) is 5.62. The molecule has 1 N–H and O–H groups in total. The zero-order valence-corrected chi connectivity index (χ0v) is 11.8. The molecule has 0 aromatic rings. The van der Waals surface area contributed by atoms with Crippen molar-refractivity contribution in [1.29, 1.82) is 0 Å². The fourth-order valence-corrected chi connectivity index (χ4v) is 2.14. The third-order valence-electron chi connectivity index (χ3n) is 3.74. The Hall–Kier alpha value is -0.0800. The minimum absolute atomic E-state index is 0.256. The summed E-state index contributed by atoms with van der Waals surface area (Å²) >= 11 is 0. The van der Waals surface area contributed by atoms with E-state index in [0.717, 1.165) is 12.5 Å². The van der Waals surface area contributed by atoms with Gasteiger partial charge < -0.3 is 10.2 Å². The Balaban J connectivity index is 2.10. The Morgan fingerprint density at radius 1 is 1.31 bits per heavy atom. The molecule has 1 rings (SSSR count). The molecule has 1 atom stereocenters. The largest absolute Gasteiger partial charge is 0.312 e. The Bertz CT molecular complexity index is 191. The van der Waals surface area contributed by atoms with Crippen LogP contribution in [0.2, 0.25) is 0 Å². The first-order valence-electron chi connectivity index (χ1n) is 6.84. The van der Waals surface area contributed by atoms with E-state index in [1.807, 2.05) is 0 Å². The summed E-state index contributed by atoms with van der Waals surface area (Å²) in [5.41, 5.74) is 0.256. The number of hydrogen-bond donors (Lipinski definition) is 1. The molecule has 0 radical (unpaired) electrons. The van der Waals surface area contributed by atoms with Gasteiger partial charge in [-0.3, -0.25) is 0 Å². The number of nitrogens with zero attached hydrogens (tertiary/aromatic N) is 1. The number of nitrogens with one attached hydrogen (secondary N) is 1. The first-order valence-corrected chi connectivity index (χ1v) is 6.84. The zero-order valence-electron chi connectivity index (χ0n) is 11.8. The SMILES string of the molecule is CC(CCNC(C)(C)C)N(C)CC1CCC1. The molecule has 1 fully saturated rings. The van der Waals surface area contributed by atoms with E-state index >= 15 is 0 Å². The first-order chi connectivity index (χ1) is 7.38. The molecule has 0 bridgehead atoms. The van der Waals surface area contributed by atoms with Crippen LogP contribution in [-0.2, 0) is 0 Å². The van der Waals surface area contributed by atoms with Crippen LogP contribution in [-0.4, -0.2) is 36.6 Å². The lowest BCUT2D eigenvalue weighted by Gasteiger charge is -2.34. The number of hydrogen-bond acceptors (Lipinski definition) is 2. The average Bonchev–Trinajstić information content (AvgIpc) is 2.08. The molecule has 2 heteroatoms. The van der Waals surface area contributed by atoms with Gasteiger partial charge in [-0.05, 0) is 66.5 Å². The minimum Gasteiger partial charge on any atom is -0.312 e. The van der Waals surface area contributed by atoms with Crippen LogP contribution in [0.3, 0.4) is 0 Å². The fourth-order valence-electron chi connectivity index (χ4n) is 2.14. The lowest BCUT2D eigenvalue weighted by atomic mass is 9.85. The van der Waals surface area contributed by atoms with Gasteiger partial charge in [0.2, 0.25) is 0 Å². The first kappa shape index (κ1) is 14.0. The monoisotopic (exact) mass is 226 g/mol. The molecule has 2 nitrogen and oxygen atoms in total. The second kappa shape index (κ2) is 6.02. The van der Waals surface area contributed by atoms with Gasteiger partial charge in [0.15, 0.2) is 0 Å². The van der Waals surface area contributed by atoms with Gasteiger partial charge in [0.1, 0.15) is 0 Å². The third kappa shape index (κ3) is 5.31. The highest BCUT2D eigenvalue weighted by molar-refractivity contribution is 4.76. The molecule has 16 heavy (non-hydrogen) atoms. The van der Waals surface area contributed by atoms with E-state index in [4.69, 9.17) is 0 Å². The smallest absolute Gasteiger partial charge is 0.00965 e. The predicted octanol–water partition coefficient (Wildman–Crippen LogP) is 2.89. The lowest BCUT2D eigenvalue weighted by Crippen LogP contribution is -2.41. The van der Waals surface area contributed by atoms with Gasteiger partial charge in [-0.2, -0.15) is 0 Å². The van der Waals surface area contributed by atoms with Crippen molar-refractivity contribution in [2.75, 3.05) is 20.1 Å². The van der Waals surface area contributed by atoms with E-state index in [1.54, 1.807) is 0 Å². The molecule has 1 unspecified atom stereocenters. The maximum absolute atomic E-state index is 3.56. The third-order valence-corrected chi connectivity index (χ3v) is 3.74. The lowest BCUT2D eigenvalue weighted by molar-refractivity contribution is 0.162. The highest BCUT2D eigenvalue weighted by atomic mass is 15.1. The quantitative estimate of drug-likeness (QED) is 0.749. The van der Waals surface area contributed by atoms with Gasteiger partial charge in [0.25, 0.3) is 0 Å². The molecule has 1 aliphatic rings. The van der Waals surface area contributed by atoms with Crippen LogP contribution in [0.4, 0.5) is 0 Å². The van der Waals surface area contributed by atoms with E-state index in [-0.39, 0.29) is 5.54 Å². The molecule has 1 aliphatic carbocycles. The fraction of sp³-hybridized carbons (Fsp3) is 1.00. The van der Waals surface area contributed by atoms with Crippen LogP contribution in [0.5, 0.6) is 0 Å². The standard InChI is InChI=1S/C14H30N2/c1-12(9-10-15-14(2,3)4)16(5)11-13-7-6-8-13/h12-13,15H,6-11H2,1-5H3. The summed E-state index contributed by atoms with van der Waals surface area (Å²) in [7, 11) is 2.28. The van der Waals surface area contributed by atoms with E-state index in [1.165, 1.54) is 32.2 Å². The Kier molecular flexibility index (Phi) is 5.26. The molecule has 0 aliphatic heterocycles. The summed E-state index contributed by atoms with van der Waals surface area (Å²) in [6.45, 7) is 11.5. The van der Waals surface area contributed by atoms with Crippen LogP contribution < -0.4 is 5.32 Å². The molecule has 96 valence electrons. The van der Waals surface area contributed by atoms with Crippen LogP contribution in [0.1, 0.15) is 53.4 Å². The van der Waals surface area contributed by atoms with E-state index in [2.05, 4.69) is 45.0 Å². The van der Waals surface area contributed by atoms with Crippen LogP contribution in [0, 0.1) is 5.92 Å². The molecule has 0 saturated heterocycles. The molecule has 0 heterocycles. The van der Waals surface area contributed by atoms with E-state index in [0.29, 0.717) is 6.04 Å². The molecule has 0 amide bonds. The predicted molar refractivity (Wildman–Crippen MR) is 71.8 cm³/mol. The van der Waals surface area contributed by atoms with Gasteiger partial charge in [0.05, 0.1) is 0 Å². The highest BCUT2D eigenvalue weighted by Crippen LogP contribution is 2.27.